The third-order valence-electron chi connectivity index (χ3n) is 16.7. The number of aromatic nitrogens is 9. The molecule has 119 heavy (non-hydrogen) atoms. The van der Waals surface area contributed by atoms with Crippen molar-refractivity contribution in [1.29, 1.82) is 0 Å². The van der Waals surface area contributed by atoms with Crippen molar-refractivity contribution in [3.05, 3.63) is 390 Å². The molecule has 0 fully saturated rings. The van der Waals surface area contributed by atoms with Crippen LogP contribution >= 0.6 is 71.0 Å². The number of pyridine rings is 5. The van der Waals surface area contributed by atoms with Crippen LogP contribution < -0.4 is 31.9 Å². The number of nitrogens with two attached hydrogens (primary N) is 1. The van der Waals surface area contributed by atoms with Gasteiger partial charge in [0.2, 0.25) is 11.0 Å². The van der Waals surface area contributed by atoms with E-state index in [9.17, 15) is 29.8 Å². The minimum Gasteiger partial charge on any atom is -0.399 e. The number of hydrogen-bond acceptors (Lipinski definition) is 18. The molecule has 7 heterocycles. The number of rotatable bonds is 18. The number of nitrogen functional groups attached to an aromatic ring is 1. The van der Waals surface area contributed by atoms with Gasteiger partial charge in [-0.1, -0.05) is 176 Å². The molecule has 0 aliphatic carbocycles. The molecule has 0 unspecified atom stereocenters. The summed E-state index contributed by atoms with van der Waals surface area (Å²) in [5.74, 6) is 2.48. The second kappa shape index (κ2) is 47.7. The summed E-state index contributed by atoms with van der Waals surface area (Å²) in [5, 5.41) is 32.4. The number of nitrogens with one attached hydrogen (secondary N) is 4. The summed E-state index contributed by atoms with van der Waals surface area (Å²) in [4.78, 5) is 75.5. The van der Waals surface area contributed by atoms with Gasteiger partial charge >= 0.3 is 12.8 Å². The number of nitro groups is 2. The van der Waals surface area contributed by atoms with E-state index in [1.165, 1.54) is 42.3 Å². The van der Waals surface area contributed by atoms with Crippen molar-refractivity contribution in [1.82, 2.24) is 49.3 Å². The van der Waals surface area contributed by atoms with Crippen molar-refractivity contribution in [3.63, 3.8) is 0 Å². The molecule has 0 saturated heterocycles. The van der Waals surface area contributed by atoms with E-state index in [2.05, 4.69) is 196 Å². The van der Waals surface area contributed by atoms with Gasteiger partial charge in [0.25, 0.3) is 11.1 Å². The van der Waals surface area contributed by atoms with Crippen molar-refractivity contribution in [2.24, 2.45) is 0 Å². The maximum absolute atomic E-state index is 12.3. The van der Waals surface area contributed by atoms with Gasteiger partial charge in [0, 0.05) is 126 Å². The highest BCUT2D eigenvalue weighted by Gasteiger charge is 2.19. The van der Waals surface area contributed by atoms with Crippen LogP contribution in [0.15, 0.2) is 354 Å². The van der Waals surface area contributed by atoms with Crippen molar-refractivity contribution >= 4 is 156 Å². The average Bonchev–Trinajstić information content (AvgIpc) is 1.63. The monoisotopic (exact) mass is 1820 g/mol. The fourth-order valence-electron chi connectivity index (χ4n) is 11.0. The van der Waals surface area contributed by atoms with E-state index in [-0.39, 0.29) is 29.7 Å². The largest absolute Gasteiger partial charge is 1.00 e. The van der Waals surface area contributed by atoms with Crippen LogP contribution in [0, 0.1) is 20.2 Å². The zero-order valence-electron chi connectivity index (χ0n) is 65.9. The molecule has 0 bridgehead atoms. The van der Waals surface area contributed by atoms with Crippen LogP contribution in [0.4, 0.5) is 51.4 Å². The van der Waals surface area contributed by atoms with Gasteiger partial charge in [0.1, 0.15) is 22.7 Å². The number of para-hydroxylation sites is 5. The Morgan fingerprint density at radius 2 is 0.824 bits per heavy atom. The van der Waals surface area contributed by atoms with Crippen molar-refractivity contribution < 1.29 is 20.9 Å². The number of amides is 1. The van der Waals surface area contributed by atoms with Crippen molar-refractivity contribution in [2.45, 2.75) is 27.7 Å². The fraction of sp³-hybridized carbons (Fsp3) is 0.0879. The van der Waals surface area contributed by atoms with Crippen LogP contribution in [0.25, 0.3) is 56.5 Å². The minimum absolute atomic E-state index is 0. The van der Waals surface area contributed by atoms with Gasteiger partial charge < -0.3 is 31.9 Å². The molecule has 16 rings (SSSR count). The van der Waals surface area contributed by atoms with E-state index in [4.69, 9.17) is 38.9 Å². The standard InChI is InChI=1S/C22H22N4.C18H14BrN3O.C18H12BrN3.C11H9N3O2.C7H4BrClO.C6H7N.C5H3ClN2O2.C4H11N/c1-3-25(4-2)18-14-12-17(13-15-18)21-24-20-11-8-16-23-22(20)26(21)19-9-6-5-7-10-19;19-14-10-8-13(9-11-14)18(23)22-16-7-4-12-20-17(16)21-15-5-2-1-3-6-15;19-14-10-8-13(9-11-14)17-21-16-7-4-12-20-18(16)22(17)15-5-2-1-3-6-15;15-14(16)10-7-4-8-12-11(10)13-9-5-2-1-3-6-9;8-6-3-1-5(2-4-6)7(9)10;7-6-4-2-1-3-5-6;6-5-4(8(9)10)2-1-3-7-5;1-3-5-4-2/h5-16H,3-4H2,1-2H3;1-12H,(H,20,21)(H,22,23);1-12H;1-8H,(H,12,13);1-4H;1-5H,7H2;1-3H;5H,3-4H2,1-2H3/p+1. The third-order valence-corrected chi connectivity index (χ3v) is 18.8. The Labute approximate surface area is 725 Å². The van der Waals surface area contributed by atoms with Gasteiger partial charge in [-0.2, -0.15) is 0 Å². The molecular formula is C91H83Br3Cl2N17O6+. The number of imidazole rings is 2. The third kappa shape index (κ3) is 27.7. The summed E-state index contributed by atoms with van der Waals surface area (Å²) in [5.41, 5.74) is 18.4. The number of carbonyl (C=O) groups excluding carboxylic acids is 2. The zero-order chi connectivity index (χ0) is 84.7. The lowest BCUT2D eigenvalue weighted by atomic mass is 10.1. The lowest BCUT2D eigenvalue weighted by Crippen LogP contribution is -2.21. The average molecular weight is 1820 g/mol. The van der Waals surface area contributed by atoms with Crippen LogP contribution in [0.1, 0.15) is 49.8 Å². The molecule has 0 atom stereocenters. The quantitative estimate of drug-likeness (QED) is 0.0175. The SMILES string of the molecule is Brc1ccc(-c2nc3cccnc3n2-c2ccccc2)cc1.CCN(CC)c1ccc(-c2nc3cccnc3n2-c2ccccc2)cc1.CCNCC.Nc1ccccc1.O=C(Cl)c1ccc(Br)cc1.O=C(Nc1cccnc1Nc1ccccc1)c1ccc(Br)cc1.O=[N+]([O-])c1cccnc1Cl.O=[N+]([O-])c1cccnc1Nc1ccccc1.[H+]. The summed E-state index contributed by atoms with van der Waals surface area (Å²) in [7, 11) is 0. The fourth-order valence-corrected chi connectivity index (χ4v) is 12.1. The van der Waals surface area contributed by atoms with Crippen molar-refractivity contribution in [3.8, 4) is 34.2 Å². The van der Waals surface area contributed by atoms with Gasteiger partial charge in [0.05, 0.1) is 15.5 Å². The molecule has 28 heteroatoms. The predicted molar refractivity (Wildman–Crippen MR) is 493 cm³/mol. The van der Waals surface area contributed by atoms with Gasteiger partial charge in [0.15, 0.2) is 17.1 Å². The van der Waals surface area contributed by atoms with E-state index in [0.29, 0.717) is 22.6 Å². The smallest absolute Gasteiger partial charge is 0.399 e. The first-order chi connectivity index (χ1) is 57.9. The highest BCUT2D eigenvalue weighted by atomic mass is 79.9. The van der Waals surface area contributed by atoms with Crippen LogP contribution in [-0.4, -0.2) is 91.2 Å². The first-order valence-corrected chi connectivity index (χ1v) is 40.4. The summed E-state index contributed by atoms with van der Waals surface area (Å²) in [6.45, 7) is 12.8. The summed E-state index contributed by atoms with van der Waals surface area (Å²) in [6, 6.07) is 96.9. The summed E-state index contributed by atoms with van der Waals surface area (Å²) in [6.07, 6.45) is 8.21. The molecule has 23 nitrogen and oxygen atoms in total. The Morgan fingerprint density at radius 1 is 0.445 bits per heavy atom. The number of hydrogen-bond donors (Lipinski definition) is 5. The second-order valence-corrected chi connectivity index (χ2v) is 28.3. The van der Waals surface area contributed by atoms with E-state index in [1.807, 2.05) is 188 Å². The van der Waals surface area contributed by atoms with E-state index in [1.54, 1.807) is 54.9 Å². The highest BCUT2D eigenvalue weighted by molar-refractivity contribution is 9.11. The maximum Gasteiger partial charge on any atom is 1.00 e. The Morgan fingerprint density at radius 3 is 1.23 bits per heavy atom. The Bertz CT molecular complexity index is 5830. The number of benzene rings is 9. The normalized spacial score (nSPS) is 10.1. The number of anilines is 7. The lowest BCUT2D eigenvalue weighted by molar-refractivity contribution is -0.385. The highest BCUT2D eigenvalue weighted by Crippen LogP contribution is 2.32. The molecule has 6 N–H and O–H groups in total. The van der Waals surface area contributed by atoms with Crippen LogP contribution in [0.5, 0.6) is 0 Å². The lowest BCUT2D eigenvalue weighted by Gasteiger charge is -2.21. The molecule has 602 valence electrons. The summed E-state index contributed by atoms with van der Waals surface area (Å²) >= 11 is 20.6. The molecule has 16 aromatic rings. The van der Waals surface area contributed by atoms with Gasteiger partial charge in [-0.05, 0) is 233 Å². The Balaban J connectivity index is 0.000000178. The van der Waals surface area contributed by atoms with E-state index < -0.39 is 15.1 Å². The molecule has 0 saturated carbocycles. The minimum atomic E-state index is -0.574. The first-order valence-electron chi connectivity index (χ1n) is 37.2. The Hall–Kier alpha value is -13.2. The molecular weight excluding hydrogens is 1740 g/mol. The van der Waals surface area contributed by atoms with Gasteiger partial charge in [-0.25, -0.2) is 34.9 Å². The molecule has 0 aliphatic rings. The molecule has 0 radical (unpaired) electrons. The number of carbonyl (C=O) groups is 2. The van der Waals surface area contributed by atoms with Crippen LogP contribution in [0.2, 0.25) is 5.15 Å². The van der Waals surface area contributed by atoms with Crippen LogP contribution in [0.3, 0.4) is 0 Å². The Kier molecular flexibility index (Phi) is 36.0. The molecule has 0 spiro atoms. The molecule has 0 aliphatic heterocycles. The maximum atomic E-state index is 12.3. The first kappa shape index (κ1) is 89.7. The van der Waals surface area contributed by atoms with E-state index >= 15 is 0 Å². The summed E-state index contributed by atoms with van der Waals surface area (Å²) < 4.78 is 7.15. The topological polar surface area (TPSA) is 298 Å². The number of halogens is 5. The van der Waals surface area contributed by atoms with Crippen molar-refractivity contribution in [2.75, 3.05) is 52.8 Å². The molecule has 9 aromatic carbocycles. The van der Waals surface area contributed by atoms with Gasteiger partial charge in [-0.3, -0.25) is 39.0 Å². The number of fused-ring (bicyclic) bond motifs is 2. The van der Waals surface area contributed by atoms with Crippen LogP contribution in [-0.2, 0) is 0 Å². The zero-order valence-corrected chi connectivity index (χ0v) is 71.2. The van der Waals surface area contributed by atoms with E-state index in [0.717, 1.165) is 113 Å². The molecule has 1 amide bonds. The second-order valence-electron chi connectivity index (χ2n) is 24.8. The molecule has 7 aromatic heterocycles. The number of nitrogens with zero attached hydrogens (tertiary/aromatic N) is 12. The predicted octanol–water partition coefficient (Wildman–Crippen LogP) is 23.8. The van der Waals surface area contributed by atoms with Gasteiger partial charge in [-0.15, -0.1) is 0 Å².